The summed E-state index contributed by atoms with van der Waals surface area (Å²) < 4.78 is 45.3. The van der Waals surface area contributed by atoms with Gasteiger partial charge in [0.2, 0.25) is 10.0 Å². The van der Waals surface area contributed by atoms with Crippen LogP contribution in [0.15, 0.2) is 29.2 Å². The predicted octanol–water partition coefficient (Wildman–Crippen LogP) is 0.0433. The van der Waals surface area contributed by atoms with E-state index in [4.69, 9.17) is 5.14 Å². The summed E-state index contributed by atoms with van der Waals surface area (Å²) in [6, 6.07) is 6.43. The molecule has 1 aromatic rings. The average Bonchev–Trinajstić information content (AvgIpc) is 2.37. The van der Waals surface area contributed by atoms with E-state index in [9.17, 15) is 16.8 Å². The van der Waals surface area contributed by atoms with Crippen LogP contribution in [0, 0.1) is 0 Å². The van der Waals surface area contributed by atoms with Crippen molar-refractivity contribution in [3.05, 3.63) is 29.8 Å². The van der Waals surface area contributed by atoms with E-state index in [1.165, 1.54) is 12.1 Å². The topological polar surface area (TPSA) is 106 Å². The number of hydrogen-bond acceptors (Lipinski definition) is 5. The van der Waals surface area contributed by atoms with E-state index in [2.05, 4.69) is 5.32 Å². The normalized spacial score (nSPS) is 22.0. The average molecular weight is 332 g/mol. The first-order chi connectivity index (χ1) is 9.76. The Bertz CT molecular complexity index is 681. The third-order valence-corrected chi connectivity index (χ3v) is 6.31. The van der Waals surface area contributed by atoms with Crippen LogP contribution in [0.3, 0.4) is 0 Å². The van der Waals surface area contributed by atoms with E-state index < -0.39 is 19.9 Å². The Morgan fingerprint density at radius 2 is 1.90 bits per heavy atom. The molecule has 2 rings (SSSR count). The lowest BCUT2D eigenvalue weighted by Crippen LogP contribution is -2.40. The van der Waals surface area contributed by atoms with E-state index in [-0.39, 0.29) is 16.7 Å². The van der Waals surface area contributed by atoms with Gasteiger partial charge in [-0.1, -0.05) is 12.1 Å². The largest absolute Gasteiger partial charge is 0.313 e. The fourth-order valence-corrected chi connectivity index (χ4v) is 4.64. The monoisotopic (exact) mass is 332 g/mol. The fourth-order valence-electron chi connectivity index (χ4n) is 2.45. The first kappa shape index (κ1) is 16.4. The maximum Gasteiger partial charge on any atom is 0.238 e. The number of hydrogen-bond donors (Lipinski definition) is 2. The van der Waals surface area contributed by atoms with Crippen molar-refractivity contribution in [3.8, 4) is 0 Å². The standard InChI is InChI=1S/C13H20N2O4S2/c14-21(18,19)13-5-3-11(4-6-13)7-8-15-12-2-1-9-20(16,17)10-12/h3-6,12,15H,1-2,7-10H2,(H2,14,18,19). The molecule has 1 aliphatic rings. The molecule has 1 atom stereocenters. The van der Waals surface area contributed by atoms with E-state index in [1.807, 2.05) is 0 Å². The maximum atomic E-state index is 11.5. The number of nitrogens with one attached hydrogen (secondary N) is 1. The van der Waals surface area contributed by atoms with E-state index >= 15 is 0 Å². The zero-order valence-corrected chi connectivity index (χ0v) is 13.3. The second-order valence-corrected chi connectivity index (χ2v) is 9.14. The third kappa shape index (κ3) is 5.06. The maximum absolute atomic E-state index is 11.5. The number of sulfone groups is 1. The molecule has 118 valence electrons. The Kier molecular flexibility index (Phi) is 5.03. The molecule has 0 bridgehead atoms. The molecule has 1 heterocycles. The molecule has 0 radical (unpaired) electrons. The molecule has 6 nitrogen and oxygen atoms in total. The van der Waals surface area contributed by atoms with E-state index in [0.29, 0.717) is 25.1 Å². The molecule has 0 aromatic heterocycles. The van der Waals surface area contributed by atoms with Crippen LogP contribution in [-0.2, 0) is 26.3 Å². The minimum atomic E-state index is -3.65. The Hall–Kier alpha value is -0.960. The summed E-state index contributed by atoms with van der Waals surface area (Å²) in [4.78, 5) is 0.0950. The number of nitrogens with two attached hydrogens (primary N) is 1. The van der Waals surface area contributed by atoms with Gasteiger partial charge in [0.1, 0.15) is 0 Å². The van der Waals surface area contributed by atoms with Gasteiger partial charge < -0.3 is 5.32 Å². The number of rotatable bonds is 5. The summed E-state index contributed by atoms with van der Waals surface area (Å²) in [7, 11) is -6.54. The van der Waals surface area contributed by atoms with Crippen molar-refractivity contribution in [1.82, 2.24) is 5.32 Å². The first-order valence-electron chi connectivity index (χ1n) is 6.82. The highest BCUT2D eigenvalue weighted by atomic mass is 32.2. The quantitative estimate of drug-likeness (QED) is 0.792. The van der Waals surface area contributed by atoms with Gasteiger partial charge in [0.05, 0.1) is 16.4 Å². The number of primary sulfonamides is 1. The molecule has 0 spiro atoms. The molecule has 0 aliphatic carbocycles. The van der Waals surface area contributed by atoms with Gasteiger partial charge >= 0.3 is 0 Å². The van der Waals surface area contributed by atoms with Crippen molar-refractivity contribution >= 4 is 19.9 Å². The molecule has 1 aliphatic heterocycles. The van der Waals surface area contributed by atoms with E-state index in [0.717, 1.165) is 12.0 Å². The molecule has 21 heavy (non-hydrogen) atoms. The van der Waals surface area contributed by atoms with Crippen LogP contribution in [0.4, 0.5) is 0 Å². The van der Waals surface area contributed by atoms with Gasteiger partial charge in [-0.25, -0.2) is 22.0 Å². The lowest BCUT2D eigenvalue weighted by Gasteiger charge is -2.23. The van der Waals surface area contributed by atoms with Crippen LogP contribution in [0.25, 0.3) is 0 Å². The van der Waals surface area contributed by atoms with Gasteiger partial charge in [0.25, 0.3) is 0 Å². The van der Waals surface area contributed by atoms with Crippen LogP contribution >= 0.6 is 0 Å². The fraction of sp³-hybridized carbons (Fsp3) is 0.538. The minimum Gasteiger partial charge on any atom is -0.313 e. The Morgan fingerprint density at radius 1 is 1.24 bits per heavy atom. The van der Waals surface area contributed by atoms with Gasteiger partial charge in [-0.05, 0) is 43.5 Å². The van der Waals surface area contributed by atoms with Gasteiger partial charge in [-0.15, -0.1) is 0 Å². The van der Waals surface area contributed by atoms with Gasteiger partial charge in [0.15, 0.2) is 9.84 Å². The lowest BCUT2D eigenvalue weighted by molar-refractivity contribution is 0.483. The molecule has 1 aromatic carbocycles. The molecule has 3 N–H and O–H groups in total. The summed E-state index contributed by atoms with van der Waals surface area (Å²) >= 11 is 0. The molecule has 1 saturated heterocycles. The molecular formula is C13H20N2O4S2. The second kappa shape index (κ2) is 6.43. The number of sulfonamides is 1. The summed E-state index contributed by atoms with van der Waals surface area (Å²) in [6.45, 7) is 0.662. The highest BCUT2D eigenvalue weighted by molar-refractivity contribution is 7.91. The molecule has 8 heteroatoms. The molecule has 1 fully saturated rings. The van der Waals surface area contributed by atoms with Crippen LogP contribution in [0.5, 0.6) is 0 Å². The van der Waals surface area contributed by atoms with Crippen molar-refractivity contribution in [2.75, 3.05) is 18.1 Å². The van der Waals surface area contributed by atoms with E-state index in [1.54, 1.807) is 12.1 Å². The first-order valence-corrected chi connectivity index (χ1v) is 10.2. The van der Waals surface area contributed by atoms with Crippen molar-refractivity contribution in [2.24, 2.45) is 5.14 Å². The van der Waals surface area contributed by atoms with Crippen LogP contribution < -0.4 is 10.5 Å². The zero-order chi connectivity index (χ0) is 15.5. The molecule has 0 saturated carbocycles. The molecule has 1 unspecified atom stereocenters. The van der Waals surface area contributed by atoms with Gasteiger partial charge in [-0.2, -0.15) is 0 Å². The zero-order valence-electron chi connectivity index (χ0n) is 11.7. The van der Waals surface area contributed by atoms with Crippen LogP contribution in [-0.4, -0.2) is 40.9 Å². The van der Waals surface area contributed by atoms with Crippen molar-refractivity contribution < 1.29 is 16.8 Å². The number of benzene rings is 1. The minimum absolute atomic E-state index is 0.0208. The summed E-state index contributed by atoms with van der Waals surface area (Å²) in [6.07, 6.45) is 2.30. The smallest absolute Gasteiger partial charge is 0.238 e. The van der Waals surface area contributed by atoms with Gasteiger partial charge in [0, 0.05) is 6.04 Å². The van der Waals surface area contributed by atoms with Crippen molar-refractivity contribution in [3.63, 3.8) is 0 Å². The van der Waals surface area contributed by atoms with Gasteiger partial charge in [-0.3, -0.25) is 0 Å². The second-order valence-electron chi connectivity index (χ2n) is 5.35. The highest BCUT2D eigenvalue weighted by Crippen LogP contribution is 2.12. The summed E-state index contributed by atoms with van der Waals surface area (Å²) in [5.41, 5.74) is 0.980. The molecular weight excluding hydrogens is 312 g/mol. The lowest BCUT2D eigenvalue weighted by atomic mass is 10.1. The van der Waals surface area contributed by atoms with Crippen LogP contribution in [0.2, 0.25) is 0 Å². The third-order valence-electron chi connectivity index (χ3n) is 3.56. The predicted molar refractivity (Wildman–Crippen MR) is 81.2 cm³/mol. The Labute approximate surface area is 125 Å². The van der Waals surface area contributed by atoms with Crippen molar-refractivity contribution in [1.29, 1.82) is 0 Å². The summed E-state index contributed by atoms with van der Waals surface area (Å²) in [5.74, 6) is 0.498. The Morgan fingerprint density at radius 3 is 2.48 bits per heavy atom. The summed E-state index contributed by atoms with van der Waals surface area (Å²) in [5, 5.41) is 8.28. The molecule has 0 amide bonds. The highest BCUT2D eigenvalue weighted by Gasteiger charge is 2.23. The Balaban J connectivity index is 1.84. The van der Waals surface area contributed by atoms with Crippen molar-refractivity contribution in [2.45, 2.75) is 30.2 Å². The SMILES string of the molecule is NS(=O)(=O)c1ccc(CCNC2CCCS(=O)(=O)C2)cc1. The van der Waals surface area contributed by atoms with Crippen LogP contribution in [0.1, 0.15) is 18.4 Å².